The fourth-order valence-corrected chi connectivity index (χ4v) is 2.19. The number of unbranched alkanes of at least 4 members (excludes halogenated alkanes) is 7. The first-order valence-corrected chi connectivity index (χ1v) is 8.78. The van der Waals surface area contributed by atoms with Crippen LogP contribution in [0.5, 0.6) is 0 Å². The van der Waals surface area contributed by atoms with E-state index in [1.807, 2.05) is 0 Å². The van der Waals surface area contributed by atoms with Crippen LogP contribution in [0.15, 0.2) is 0 Å². The number of carbonyl (C=O) groups is 1. The zero-order valence-corrected chi connectivity index (χ0v) is 12.7. The molecule has 0 saturated carbocycles. The summed E-state index contributed by atoms with van der Waals surface area (Å²) in [4.78, 5) is 11.3. The average molecular weight is 293 g/mol. The fraction of sp³-hybridized carbons (Fsp3) is 0.923. The average Bonchev–Trinajstić information content (AvgIpc) is 2.31. The molecule has 0 bridgehead atoms. The largest absolute Gasteiger partial charge is 0.355 e. The van der Waals surface area contributed by atoms with Gasteiger partial charge in [-0.1, -0.05) is 51.9 Å². The summed E-state index contributed by atoms with van der Waals surface area (Å²) >= 11 is 0. The summed E-state index contributed by atoms with van der Waals surface area (Å²) < 4.78 is 29.3. The number of amides is 1. The van der Waals surface area contributed by atoms with Gasteiger partial charge < -0.3 is 5.32 Å². The molecular weight excluding hydrogens is 266 g/mol. The molecule has 0 fully saturated rings. The van der Waals surface area contributed by atoms with Gasteiger partial charge in [0.1, 0.15) is 0 Å². The van der Waals surface area contributed by atoms with Crippen LogP contribution in [0, 0.1) is 0 Å². The van der Waals surface area contributed by atoms with Gasteiger partial charge in [-0.05, 0) is 6.42 Å². The van der Waals surface area contributed by atoms with Crippen molar-refractivity contribution in [2.24, 2.45) is 0 Å². The highest BCUT2D eigenvalue weighted by Crippen LogP contribution is 2.09. The molecule has 0 heterocycles. The molecule has 0 radical (unpaired) electrons. The van der Waals surface area contributed by atoms with Gasteiger partial charge in [0.15, 0.2) is 0 Å². The van der Waals surface area contributed by atoms with E-state index in [1.54, 1.807) is 0 Å². The van der Waals surface area contributed by atoms with E-state index in [4.69, 9.17) is 4.55 Å². The van der Waals surface area contributed by atoms with Gasteiger partial charge in [0.2, 0.25) is 5.91 Å². The second-order valence-electron chi connectivity index (χ2n) is 4.86. The second kappa shape index (κ2) is 11.2. The van der Waals surface area contributed by atoms with Gasteiger partial charge in [0.05, 0.1) is 5.75 Å². The minimum atomic E-state index is -3.97. The fourth-order valence-electron chi connectivity index (χ4n) is 1.83. The second-order valence-corrected chi connectivity index (χ2v) is 6.43. The first-order chi connectivity index (χ1) is 8.95. The smallest absolute Gasteiger partial charge is 0.266 e. The predicted octanol–water partition coefficient (Wildman–Crippen LogP) is 2.52. The van der Waals surface area contributed by atoms with Crippen molar-refractivity contribution in [3.63, 3.8) is 0 Å². The third kappa shape index (κ3) is 15.3. The molecule has 1 amide bonds. The first-order valence-electron chi connectivity index (χ1n) is 7.17. The van der Waals surface area contributed by atoms with E-state index in [0.717, 1.165) is 19.3 Å². The van der Waals surface area contributed by atoms with Gasteiger partial charge in [0.25, 0.3) is 10.1 Å². The van der Waals surface area contributed by atoms with Crippen molar-refractivity contribution < 1.29 is 17.8 Å². The third-order valence-corrected chi connectivity index (χ3v) is 3.66. The number of carbonyl (C=O) groups excluding carboxylic acids is 1. The molecule has 114 valence electrons. The van der Waals surface area contributed by atoms with Crippen LogP contribution in [-0.2, 0) is 14.9 Å². The van der Waals surface area contributed by atoms with Crippen LogP contribution in [0.25, 0.3) is 0 Å². The Morgan fingerprint density at radius 3 is 2.05 bits per heavy atom. The Kier molecular flexibility index (Phi) is 10.9. The van der Waals surface area contributed by atoms with Gasteiger partial charge in [0, 0.05) is 13.0 Å². The van der Waals surface area contributed by atoms with Crippen LogP contribution in [0.4, 0.5) is 0 Å². The van der Waals surface area contributed by atoms with Crippen molar-refractivity contribution in [3.05, 3.63) is 0 Å². The highest BCUT2D eigenvalue weighted by atomic mass is 32.2. The molecule has 0 aromatic rings. The van der Waals surface area contributed by atoms with E-state index in [-0.39, 0.29) is 12.5 Å². The quantitative estimate of drug-likeness (QED) is 0.428. The molecular formula is C13H27NO4S. The number of nitrogens with one attached hydrogen (secondary N) is 1. The summed E-state index contributed by atoms with van der Waals surface area (Å²) in [5.74, 6) is -0.564. The van der Waals surface area contributed by atoms with Crippen LogP contribution in [-0.4, -0.2) is 31.2 Å². The monoisotopic (exact) mass is 293 g/mol. The molecule has 0 spiro atoms. The van der Waals surface area contributed by atoms with Crippen LogP contribution in [0.1, 0.15) is 64.7 Å². The minimum Gasteiger partial charge on any atom is -0.355 e. The highest BCUT2D eigenvalue weighted by molar-refractivity contribution is 7.85. The van der Waals surface area contributed by atoms with Crippen LogP contribution in [0.2, 0.25) is 0 Å². The number of hydrogen-bond acceptors (Lipinski definition) is 3. The maximum absolute atomic E-state index is 11.3. The van der Waals surface area contributed by atoms with Crippen LogP contribution in [0.3, 0.4) is 0 Å². The summed E-state index contributed by atoms with van der Waals surface area (Å²) in [5, 5.41) is 2.48. The van der Waals surface area contributed by atoms with Crippen LogP contribution >= 0.6 is 0 Å². The van der Waals surface area contributed by atoms with E-state index in [9.17, 15) is 13.2 Å². The molecule has 0 aliphatic rings. The van der Waals surface area contributed by atoms with E-state index in [0.29, 0.717) is 6.42 Å². The lowest BCUT2D eigenvalue weighted by Crippen LogP contribution is -2.28. The molecule has 19 heavy (non-hydrogen) atoms. The topological polar surface area (TPSA) is 83.5 Å². The van der Waals surface area contributed by atoms with Crippen LogP contribution < -0.4 is 5.32 Å². The minimum absolute atomic E-state index is 0.0192. The van der Waals surface area contributed by atoms with Crippen molar-refractivity contribution in [2.45, 2.75) is 64.7 Å². The maximum Gasteiger partial charge on any atom is 0.266 e. The Morgan fingerprint density at radius 2 is 1.53 bits per heavy atom. The van der Waals surface area contributed by atoms with Gasteiger partial charge in [-0.15, -0.1) is 0 Å². The number of hydrogen-bond donors (Lipinski definition) is 2. The van der Waals surface area contributed by atoms with E-state index in [1.165, 1.54) is 32.1 Å². The number of rotatable bonds is 12. The predicted molar refractivity (Wildman–Crippen MR) is 76.7 cm³/mol. The SMILES string of the molecule is CCCCCCCCCCC(=O)NCCS(=O)(=O)O. The molecule has 2 N–H and O–H groups in total. The molecule has 0 aromatic carbocycles. The third-order valence-electron chi connectivity index (χ3n) is 2.94. The summed E-state index contributed by atoms with van der Waals surface area (Å²) in [5.41, 5.74) is 0. The molecule has 0 aliphatic heterocycles. The Hall–Kier alpha value is -0.620. The Bertz CT molecular complexity index is 328. The van der Waals surface area contributed by atoms with Crippen molar-refractivity contribution in [3.8, 4) is 0 Å². The molecule has 0 unspecified atom stereocenters. The lowest BCUT2D eigenvalue weighted by atomic mass is 10.1. The normalized spacial score (nSPS) is 11.5. The van der Waals surface area contributed by atoms with E-state index < -0.39 is 15.9 Å². The molecule has 5 nitrogen and oxygen atoms in total. The molecule has 0 rings (SSSR count). The van der Waals surface area contributed by atoms with Gasteiger partial charge >= 0.3 is 0 Å². The zero-order chi connectivity index (χ0) is 14.6. The maximum atomic E-state index is 11.3. The van der Waals surface area contributed by atoms with Gasteiger partial charge in [-0.3, -0.25) is 9.35 Å². The molecule has 6 heteroatoms. The lowest BCUT2D eigenvalue weighted by Gasteiger charge is -2.04. The van der Waals surface area contributed by atoms with Gasteiger partial charge in [-0.25, -0.2) is 0 Å². The molecule has 0 saturated heterocycles. The van der Waals surface area contributed by atoms with Crippen molar-refractivity contribution in [1.29, 1.82) is 0 Å². The van der Waals surface area contributed by atoms with E-state index >= 15 is 0 Å². The molecule has 0 aliphatic carbocycles. The van der Waals surface area contributed by atoms with E-state index in [2.05, 4.69) is 12.2 Å². The molecule has 0 atom stereocenters. The lowest BCUT2D eigenvalue weighted by molar-refractivity contribution is -0.121. The summed E-state index contributed by atoms with van der Waals surface area (Å²) in [6, 6.07) is 0. The zero-order valence-electron chi connectivity index (χ0n) is 11.9. The van der Waals surface area contributed by atoms with Crippen molar-refractivity contribution >= 4 is 16.0 Å². The van der Waals surface area contributed by atoms with Crippen molar-refractivity contribution in [1.82, 2.24) is 5.32 Å². The first kappa shape index (κ1) is 18.4. The standard InChI is InChI=1S/C13H27NO4S/c1-2-3-4-5-6-7-8-9-10-13(15)14-11-12-19(16,17)18/h2-12H2,1H3,(H,14,15)(H,16,17,18). The summed E-state index contributed by atoms with van der Waals surface area (Å²) in [6.45, 7) is 2.18. The van der Waals surface area contributed by atoms with Gasteiger partial charge in [-0.2, -0.15) is 8.42 Å². The Labute approximate surface area is 116 Å². The summed E-state index contributed by atoms with van der Waals surface area (Å²) in [7, 11) is -3.97. The highest BCUT2D eigenvalue weighted by Gasteiger charge is 2.06. The summed E-state index contributed by atoms with van der Waals surface area (Å²) in [6.07, 6.45) is 9.82. The molecule has 0 aromatic heterocycles. The van der Waals surface area contributed by atoms with Crippen molar-refractivity contribution in [2.75, 3.05) is 12.3 Å². The Balaban J connectivity index is 3.30. The Morgan fingerprint density at radius 1 is 1.00 bits per heavy atom.